The maximum Gasteiger partial charge on any atom is 0.343 e. The van der Waals surface area contributed by atoms with E-state index in [1.165, 1.54) is 43.7 Å². The van der Waals surface area contributed by atoms with Crippen LogP contribution in [0.25, 0.3) is 10.9 Å². The highest BCUT2D eigenvalue weighted by Gasteiger charge is 2.13. The number of fused-ring (bicyclic) bond motifs is 1. The van der Waals surface area contributed by atoms with Crippen molar-refractivity contribution < 1.29 is 19.0 Å². The summed E-state index contributed by atoms with van der Waals surface area (Å²) < 4.78 is 18.1. The smallest absolute Gasteiger partial charge is 0.343 e. The molecule has 0 N–H and O–H groups in total. The molecule has 0 saturated carbocycles. The number of para-hydroxylation sites is 1. The molecule has 4 aromatic rings. The molecular formula is C32H35N3O5. The van der Waals surface area contributed by atoms with Gasteiger partial charge in [0, 0.05) is 0 Å². The summed E-state index contributed by atoms with van der Waals surface area (Å²) in [5.41, 5.74) is 1.43. The fourth-order valence-corrected chi connectivity index (χ4v) is 4.26. The lowest BCUT2D eigenvalue weighted by Gasteiger charge is -2.11. The molecule has 0 amide bonds. The molecule has 0 fully saturated rings. The molecule has 4 rings (SSSR count). The second-order valence-electron chi connectivity index (χ2n) is 9.48. The van der Waals surface area contributed by atoms with E-state index < -0.39 is 5.97 Å². The first-order valence-electron chi connectivity index (χ1n) is 13.7. The fourth-order valence-electron chi connectivity index (χ4n) is 4.26. The lowest BCUT2D eigenvalue weighted by atomic mass is 10.1. The van der Waals surface area contributed by atoms with Gasteiger partial charge in [-0.1, -0.05) is 51.2 Å². The third-order valence-electron chi connectivity index (χ3n) is 6.48. The summed E-state index contributed by atoms with van der Waals surface area (Å²) in [7, 11) is 1.49. The summed E-state index contributed by atoms with van der Waals surface area (Å²) in [6.45, 7) is 4.60. The number of hydrogen-bond donors (Lipinski definition) is 0. The predicted molar refractivity (Wildman–Crippen MR) is 157 cm³/mol. The fraction of sp³-hybridized carbons (Fsp3) is 0.312. The van der Waals surface area contributed by atoms with Crippen LogP contribution in [0.15, 0.2) is 76.6 Å². The number of benzene rings is 3. The van der Waals surface area contributed by atoms with E-state index in [-0.39, 0.29) is 11.3 Å². The van der Waals surface area contributed by atoms with Gasteiger partial charge in [-0.25, -0.2) is 9.78 Å². The van der Waals surface area contributed by atoms with Crippen LogP contribution in [0.5, 0.6) is 17.2 Å². The number of methoxy groups -OCH3 is 1. The summed E-state index contributed by atoms with van der Waals surface area (Å²) in [4.78, 5) is 30.1. The highest BCUT2D eigenvalue weighted by Crippen LogP contribution is 2.28. The lowest BCUT2D eigenvalue weighted by Crippen LogP contribution is -2.20. The van der Waals surface area contributed by atoms with Crippen molar-refractivity contribution in [2.75, 3.05) is 13.7 Å². The zero-order valence-corrected chi connectivity index (χ0v) is 23.3. The summed E-state index contributed by atoms with van der Waals surface area (Å²) in [6.07, 6.45) is 8.75. The minimum Gasteiger partial charge on any atom is -0.494 e. The summed E-state index contributed by atoms with van der Waals surface area (Å²) in [5.74, 6) is 1.32. The van der Waals surface area contributed by atoms with Gasteiger partial charge in [-0.3, -0.25) is 4.79 Å². The number of rotatable bonds is 13. The van der Waals surface area contributed by atoms with Crippen molar-refractivity contribution in [2.45, 2.75) is 52.4 Å². The molecule has 0 spiro atoms. The molecule has 0 saturated heterocycles. The van der Waals surface area contributed by atoms with E-state index in [0.717, 1.165) is 18.6 Å². The van der Waals surface area contributed by atoms with Crippen LogP contribution in [0.4, 0.5) is 0 Å². The minimum absolute atomic E-state index is 0.254. The number of unbranched alkanes of at least 4 members (excludes halogenated alkanes) is 5. The summed E-state index contributed by atoms with van der Waals surface area (Å²) in [5, 5.41) is 4.82. The number of hydrogen-bond acceptors (Lipinski definition) is 7. The third-order valence-corrected chi connectivity index (χ3v) is 6.48. The topological polar surface area (TPSA) is 92.0 Å². The average molecular weight is 542 g/mol. The molecule has 0 radical (unpaired) electrons. The van der Waals surface area contributed by atoms with E-state index in [2.05, 4.69) is 17.0 Å². The Morgan fingerprint density at radius 2 is 1.70 bits per heavy atom. The molecule has 3 aromatic carbocycles. The Bertz CT molecular complexity index is 1530. The van der Waals surface area contributed by atoms with Gasteiger partial charge in [-0.2, -0.15) is 9.78 Å². The van der Waals surface area contributed by atoms with Crippen molar-refractivity contribution in [1.82, 2.24) is 9.66 Å². The molecule has 208 valence electrons. The van der Waals surface area contributed by atoms with Crippen LogP contribution in [0, 0.1) is 6.92 Å². The lowest BCUT2D eigenvalue weighted by molar-refractivity contribution is 0.0729. The van der Waals surface area contributed by atoms with Gasteiger partial charge >= 0.3 is 5.97 Å². The van der Waals surface area contributed by atoms with Crippen molar-refractivity contribution in [2.24, 2.45) is 5.10 Å². The summed E-state index contributed by atoms with van der Waals surface area (Å²) in [6, 6.07) is 19.1. The molecule has 1 aromatic heterocycles. The Hall–Kier alpha value is -4.46. The molecule has 0 aliphatic heterocycles. The van der Waals surface area contributed by atoms with Gasteiger partial charge in [0.2, 0.25) is 0 Å². The molecule has 40 heavy (non-hydrogen) atoms. The quantitative estimate of drug-likeness (QED) is 0.0824. The van der Waals surface area contributed by atoms with Crippen LogP contribution < -0.4 is 19.8 Å². The molecule has 0 unspecified atom stereocenters. The monoisotopic (exact) mass is 541 g/mol. The Morgan fingerprint density at radius 1 is 0.950 bits per heavy atom. The molecular weight excluding hydrogens is 506 g/mol. The van der Waals surface area contributed by atoms with E-state index in [0.29, 0.717) is 40.2 Å². The number of nitrogens with zero attached hydrogens (tertiary/aromatic N) is 3. The van der Waals surface area contributed by atoms with Gasteiger partial charge in [-0.05, 0) is 73.5 Å². The molecule has 8 nitrogen and oxygen atoms in total. The Labute approximate surface area is 234 Å². The largest absolute Gasteiger partial charge is 0.494 e. The van der Waals surface area contributed by atoms with Crippen LogP contribution in [0.3, 0.4) is 0 Å². The maximum absolute atomic E-state index is 12.9. The zero-order chi connectivity index (χ0) is 28.3. The van der Waals surface area contributed by atoms with Gasteiger partial charge < -0.3 is 14.2 Å². The van der Waals surface area contributed by atoms with Crippen LogP contribution >= 0.6 is 0 Å². The van der Waals surface area contributed by atoms with Gasteiger partial charge in [0.15, 0.2) is 11.5 Å². The van der Waals surface area contributed by atoms with Crippen molar-refractivity contribution in [3.63, 3.8) is 0 Å². The first-order chi connectivity index (χ1) is 19.5. The Morgan fingerprint density at radius 3 is 2.48 bits per heavy atom. The molecule has 0 aliphatic carbocycles. The second kappa shape index (κ2) is 14.1. The standard InChI is InChI=1S/C32H35N3O5/c1-4-5-6-7-8-11-20-39-26-17-15-25(16-18-26)32(37)40-29-19-14-24(21-30(29)38-3)22-33-35-23(2)34-28-13-10-9-12-27(28)31(35)36/h9-10,12-19,21-22H,4-8,11,20H2,1-3H3/b33-22+. The van der Waals surface area contributed by atoms with Gasteiger partial charge in [0.25, 0.3) is 5.56 Å². The second-order valence-corrected chi connectivity index (χ2v) is 9.48. The van der Waals surface area contributed by atoms with Gasteiger partial charge in [-0.15, -0.1) is 0 Å². The first-order valence-corrected chi connectivity index (χ1v) is 13.7. The minimum atomic E-state index is -0.508. The van der Waals surface area contributed by atoms with Crippen molar-refractivity contribution >= 4 is 23.1 Å². The van der Waals surface area contributed by atoms with Crippen molar-refractivity contribution in [3.8, 4) is 17.2 Å². The highest BCUT2D eigenvalue weighted by molar-refractivity contribution is 5.91. The van der Waals surface area contributed by atoms with Gasteiger partial charge in [0.05, 0.1) is 36.4 Å². The third kappa shape index (κ3) is 7.34. The van der Waals surface area contributed by atoms with Crippen LogP contribution in [0.2, 0.25) is 0 Å². The predicted octanol–water partition coefficient (Wildman–Crippen LogP) is 6.55. The SMILES string of the molecule is CCCCCCCCOc1ccc(C(=O)Oc2ccc(/C=N/n3c(C)nc4ccccc4c3=O)cc2OC)cc1. The number of carbonyl (C=O) groups is 1. The van der Waals surface area contributed by atoms with E-state index >= 15 is 0 Å². The average Bonchev–Trinajstić information content (AvgIpc) is 2.97. The van der Waals surface area contributed by atoms with E-state index in [1.807, 2.05) is 6.07 Å². The first kappa shape index (κ1) is 28.5. The molecule has 0 atom stereocenters. The molecule has 0 bridgehead atoms. The van der Waals surface area contributed by atoms with Crippen LogP contribution in [-0.2, 0) is 0 Å². The van der Waals surface area contributed by atoms with Crippen molar-refractivity contribution in [3.05, 3.63) is 94.0 Å². The summed E-state index contributed by atoms with van der Waals surface area (Å²) >= 11 is 0. The number of ether oxygens (including phenoxy) is 3. The molecule has 8 heteroatoms. The Kier molecular flexibility index (Phi) is 10.0. The van der Waals surface area contributed by atoms with Crippen LogP contribution in [0.1, 0.15) is 67.2 Å². The van der Waals surface area contributed by atoms with E-state index in [9.17, 15) is 9.59 Å². The van der Waals surface area contributed by atoms with Gasteiger partial charge in [0.1, 0.15) is 11.6 Å². The van der Waals surface area contributed by atoms with E-state index in [1.54, 1.807) is 67.6 Å². The Balaban J connectivity index is 1.38. The van der Waals surface area contributed by atoms with Crippen molar-refractivity contribution in [1.29, 1.82) is 0 Å². The zero-order valence-electron chi connectivity index (χ0n) is 23.3. The number of aromatic nitrogens is 2. The van der Waals surface area contributed by atoms with E-state index in [4.69, 9.17) is 14.2 Å². The maximum atomic E-state index is 12.9. The molecule has 0 aliphatic rings. The molecule has 1 heterocycles. The number of aryl methyl sites for hydroxylation is 1. The number of carbonyl (C=O) groups excluding carboxylic acids is 1. The van der Waals surface area contributed by atoms with Crippen LogP contribution in [-0.4, -0.2) is 35.6 Å². The normalized spacial score (nSPS) is 11.2. The highest BCUT2D eigenvalue weighted by atomic mass is 16.6. The number of esters is 1.